The summed E-state index contributed by atoms with van der Waals surface area (Å²) < 4.78 is 5.95. The molecule has 4 nitrogen and oxygen atoms in total. The SMILES string of the molecule is COc1ccc(C(=O)NC2CCNC(C)C2)cc1Br. The second-order valence-electron chi connectivity index (χ2n) is 4.90. The van der Waals surface area contributed by atoms with Crippen molar-refractivity contribution in [1.82, 2.24) is 10.6 Å². The molecule has 2 rings (SSSR count). The van der Waals surface area contributed by atoms with E-state index in [4.69, 9.17) is 4.74 Å². The van der Waals surface area contributed by atoms with Crippen LogP contribution in [-0.4, -0.2) is 31.6 Å². The molecule has 2 unspecified atom stereocenters. The predicted molar refractivity (Wildman–Crippen MR) is 78.6 cm³/mol. The summed E-state index contributed by atoms with van der Waals surface area (Å²) in [6.07, 6.45) is 1.95. The molecule has 2 atom stereocenters. The Morgan fingerprint density at radius 3 is 2.95 bits per heavy atom. The summed E-state index contributed by atoms with van der Waals surface area (Å²) >= 11 is 3.40. The first-order valence-corrected chi connectivity index (χ1v) is 7.27. The Labute approximate surface area is 122 Å². The topological polar surface area (TPSA) is 50.4 Å². The molecule has 1 aliphatic rings. The standard InChI is InChI=1S/C14H19BrN2O2/c1-9-7-11(5-6-16-9)17-14(18)10-3-4-13(19-2)12(15)8-10/h3-4,8-9,11,16H,5-7H2,1-2H3,(H,17,18). The third kappa shape index (κ3) is 3.70. The molecule has 19 heavy (non-hydrogen) atoms. The lowest BCUT2D eigenvalue weighted by Crippen LogP contribution is -2.46. The van der Waals surface area contributed by atoms with E-state index in [9.17, 15) is 4.79 Å². The summed E-state index contributed by atoms with van der Waals surface area (Å²) in [6.45, 7) is 3.10. The number of hydrogen-bond donors (Lipinski definition) is 2. The summed E-state index contributed by atoms with van der Waals surface area (Å²) in [5.41, 5.74) is 0.652. The number of carbonyl (C=O) groups excluding carboxylic acids is 1. The molecule has 1 fully saturated rings. The van der Waals surface area contributed by atoms with E-state index in [0.29, 0.717) is 11.6 Å². The minimum Gasteiger partial charge on any atom is -0.496 e. The number of ether oxygens (including phenoxy) is 1. The first-order valence-electron chi connectivity index (χ1n) is 6.48. The molecule has 104 valence electrons. The van der Waals surface area contributed by atoms with E-state index in [1.54, 1.807) is 25.3 Å². The van der Waals surface area contributed by atoms with Crippen LogP contribution in [-0.2, 0) is 0 Å². The lowest BCUT2D eigenvalue weighted by molar-refractivity contribution is 0.0925. The summed E-state index contributed by atoms with van der Waals surface area (Å²) in [7, 11) is 1.61. The van der Waals surface area contributed by atoms with Gasteiger partial charge in [0.1, 0.15) is 5.75 Å². The van der Waals surface area contributed by atoms with E-state index in [-0.39, 0.29) is 11.9 Å². The number of benzene rings is 1. The fraction of sp³-hybridized carbons (Fsp3) is 0.500. The van der Waals surface area contributed by atoms with Crippen LogP contribution in [0.25, 0.3) is 0 Å². The van der Waals surface area contributed by atoms with Gasteiger partial charge in [-0.25, -0.2) is 0 Å². The van der Waals surface area contributed by atoms with Crippen LogP contribution in [0.3, 0.4) is 0 Å². The summed E-state index contributed by atoms with van der Waals surface area (Å²) in [4.78, 5) is 12.2. The number of piperidine rings is 1. The van der Waals surface area contributed by atoms with Crippen LogP contribution >= 0.6 is 15.9 Å². The highest BCUT2D eigenvalue weighted by Crippen LogP contribution is 2.25. The van der Waals surface area contributed by atoms with Crippen molar-refractivity contribution in [2.45, 2.75) is 31.8 Å². The van der Waals surface area contributed by atoms with Crippen LogP contribution in [0.15, 0.2) is 22.7 Å². The molecule has 5 heteroatoms. The number of halogens is 1. The molecule has 0 aromatic heterocycles. The normalized spacial score (nSPS) is 22.9. The molecule has 1 saturated heterocycles. The first kappa shape index (κ1) is 14.3. The first-order chi connectivity index (χ1) is 9.10. The van der Waals surface area contributed by atoms with Gasteiger partial charge in [0, 0.05) is 17.6 Å². The molecule has 2 N–H and O–H groups in total. The van der Waals surface area contributed by atoms with Gasteiger partial charge >= 0.3 is 0 Å². The van der Waals surface area contributed by atoms with Crippen LogP contribution in [0.4, 0.5) is 0 Å². The van der Waals surface area contributed by atoms with Crippen LogP contribution in [0.1, 0.15) is 30.1 Å². The Morgan fingerprint density at radius 2 is 2.32 bits per heavy atom. The van der Waals surface area contributed by atoms with Gasteiger partial charge in [0.05, 0.1) is 11.6 Å². The van der Waals surface area contributed by atoms with Gasteiger partial charge in [0.2, 0.25) is 0 Å². The molecule has 1 aromatic carbocycles. The van der Waals surface area contributed by atoms with E-state index in [1.807, 2.05) is 0 Å². The number of nitrogens with one attached hydrogen (secondary N) is 2. The van der Waals surface area contributed by atoms with Crippen molar-refractivity contribution in [3.63, 3.8) is 0 Å². The van der Waals surface area contributed by atoms with E-state index in [0.717, 1.165) is 29.6 Å². The van der Waals surface area contributed by atoms with Gasteiger partial charge in [-0.1, -0.05) is 0 Å². The highest BCUT2D eigenvalue weighted by atomic mass is 79.9. The monoisotopic (exact) mass is 326 g/mol. The fourth-order valence-electron chi connectivity index (χ4n) is 2.34. The van der Waals surface area contributed by atoms with Gasteiger partial charge in [-0.15, -0.1) is 0 Å². The van der Waals surface area contributed by atoms with Crippen molar-refractivity contribution in [1.29, 1.82) is 0 Å². The second-order valence-corrected chi connectivity index (χ2v) is 5.75. The summed E-state index contributed by atoms with van der Waals surface area (Å²) in [5, 5.41) is 6.46. The van der Waals surface area contributed by atoms with Gasteiger partial charge in [0.25, 0.3) is 5.91 Å². The van der Waals surface area contributed by atoms with Crippen molar-refractivity contribution in [2.75, 3.05) is 13.7 Å². The van der Waals surface area contributed by atoms with Crippen LogP contribution in [0, 0.1) is 0 Å². The second kappa shape index (κ2) is 6.39. The minimum atomic E-state index is -0.0255. The zero-order valence-corrected chi connectivity index (χ0v) is 12.8. The average molecular weight is 327 g/mol. The molecule has 1 heterocycles. The molecule has 1 aliphatic heterocycles. The lowest BCUT2D eigenvalue weighted by atomic mass is 10.0. The average Bonchev–Trinajstić information content (AvgIpc) is 2.38. The fourth-order valence-corrected chi connectivity index (χ4v) is 2.88. The van der Waals surface area contributed by atoms with E-state index < -0.39 is 0 Å². The number of rotatable bonds is 3. The Hall–Kier alpha value is -1.07. The molecule has 1 amide bonds. The molecule has 0 radical (unpaired) electrons. The zero-order chi connectivity index (χ0) is 13.8. The van der Waals surface area contributed by atoms with Crippen LogP contribution in [0.2, 0.25) is 0 Å². The molecule has 1 aromatic rings. The number of methoxy groups -OCH3 is 1. The van der Waals surface area contributed by atoms with Gasteiger partial charge in [-0.3, -0.25) is 4.79 Å². The van der Waals surface area contributed by atoms with Crippen LogP contribution < -0.4 is 15.4 Å². The molecule has 0 spiro atoms. The number of hydrogen-bond acceptors (Lipinski definition) is 3. The maximum absolute atomic E-state index is 12.2. The highest BCUT2D eigenvalue weighted by Gasteiger charge is 2.20. The molecular formula is C14H19BrN2O2. The van der Waals surface area contributed by atoms with Crippen molar-refractivity contribution in [3.05, 3.63) is 28.2 Å². The minimum absolute atomic E-state index is 0.0255. The van der Waals surface area contributed by atoms with E-state index >= 15 is 0 Å². The van der Waals surface area contributed by atoms with Crippen molar-refractivity contribution < 1.29 is 9.53 Å². The number of carbonyl (C=O) groups is 1. The summed E-state index contributed by atoms with van der Waals surface area (Å²) in [5.74, 6) is 0.703. The zero-order valence-electron chi connectivity index (χ0n) is 11.2. The quantitative estimate of drug-likeness (QED) is 0.896. The maximum Gasteiger partial charge on any atom is 0.251 e. The van der Waals surface area contributed by atoms with E-state index in [2.05, 4.69) is 33.5 Å². The Bertz CT molecular complexity index is 465. The van der Waals surface area contributed by atoms with E-state index in [1.165, 1.54) is 0 Å². The molecular weight excluding hydrogens is 308 g/mol. The van der Waals surface area contributed by atoms with Crippen molar-refractivity contribution >= 4 is 21.8 Å². The largest absolute Gasteiger partial charge is 0.496 e. The van der Waals surface area contributed by atoms with Gasteiger partial charge in [-0.2, -0.15) is 0 Å². The molecule has 0 saturated carbocycles. The van der Waals surface area contributed by atoms with Gasteiger partial charge in [0.15, 0.2) is 0 Å². The van der Waals surface area contributed by atoms with Gasteiger partial charge < -0.3 is 15.4 Å². The van der Waals surface area contributed by atoms with Crippen molar-refractivity contribution in [2.24, 2.45) is 0 Å². The predicted octanol–water partition coefficient (Wildman–Crippen LogP) is 2.33. The molecule has 0 bridgehead atoms. The van der Waals surface area contributed by atoms with Crippen LogP contribution in [0.5, 0.6) is 5.75 Å². The lowest BCUT2D eigenvalue weighted by Gasteiger charge is -2.28. The third-order valence-electron chi connectivity index (χ3n) is 3.37. The smallest absolute Gasteiger partial charge is 0.251 e. The van der Waals surface area contributed by atoms with Crippen molar-refractivity contribution in [3.8, 4) is 5.75 Å². The Balaban J connectivity index is 2.01. The number of amides is 1. The highest BCUT2D eigenvalue weighted by molar-refractivity contribution is 9.10. The Kier molecular flexibility index (Phi) is 4.82. The summed E-state index contributed by atoms with van der Waals surface area (Å²) in [6, 6.07) is 6.08. The van der Waals surface area contributed by atoms with Gasteiger partial charge in [-0.05, 0) is 60.4 Å². The maximum atomic E-state index is 12.2. The molecule has 0 aliphatic carbocycles. The Morgan fingerprint density at radius 1 is 1.53 bits per heavy atom. The third-order valence-corrected chi connectivity index (χ3v) is 3.99.